The van der Waals surface area contributed by atoms with E-state index in [9.17, 15) is 9.18 Å². The molecule has 0 bridgehead atoms. The Morgan fingerprint density at radius 1 is 1.33 bits per heavy atom. The Kier molecular flexibility index (Phi) is 5.71. The van der Waals surface area contributed by atoms with Crippen LogP contribution in [0.1, 0.15) is 11.1 Å². The molecule has 0 N–H and O–H groups in total. The third kappa shape index (κ3) is 4.25. The number of methoxy groups -OCH3 is 1. The van der Waals surface area contributed by atoms with Gasteiger partial charge < -0.3 is 14.2 Å². The van der Waals surface area contributed by atoms with Gasteiger partial charge in [-0.1, -0.05) is 18.7 Å². The second kappa shape index (κ2) is 8.18. The summed E-state index contributed by atoms with van der Waals surface area (Å²) in [6.07, 6.45) is 3.18. The molecule has 0 saturated heterocycles. The molecular formula is C20H15BrFNO4. The summed E-state index contributed by atoms with van der Waals surface area (Å²) in [5.74, 6) is 0.0165. The highest BCUT2D eigenvalue weighted by Crippen LogP contribution is 2.37. The number of hydrogen-bond acceptors (Lipinski definition) is 5. The fourth-order valence-corrected chi connectivity index (χ4v) is 2.99. The van der Waals surface area contributed by atoms with E-state index in [2.05, 4.69) is 27.5 Å². The van der Waals surface area contributed by atoms with Crippen LogP contribution in [0.5, 0.6) is 11.5 Å². The van der Waals surface area contributed by atoms with E-state index in [1.165, 1.54) is 25.3 Å². The van der Waals surface area contributed by atoms with E-state index in [0.29, 0.717) is 33.7 Å². The molecule has 1 heterocycles. The molecule has 5 nitrogen and oxygen atoms in total. The van der Waals surface area contributed by atoms with Gasteiger partial charge in [0.25, 0.3) is 0 Å². The number of benzene rings is 2. The van der Waals surface area contributed by atoms with Crippen molar-refractivity contribution >= 4 is 33.9 Å². The molecule has 138 valence electrons. The number of halogens is 2. The number of esters is 1. The SMILES string of the molecule is C=CCOc1c(Br)cc(/C=C2\N=C(c3cccc(F)c3)OC2=O)cc1OC. The van der Waals surface area contributed by atoms with E-state index in [-0.39, 0.29) is 11.6 Å². The highest BCUT2D eigenvalue weighted by atomic mass is 79.9. The first-order valence-corrected chi connectivity index (χ1v) is 8.71. The summed E-state index contributed by atoms with van der Waals surface area (Å²) in [7, 11) is 1.52. The Morgan fingerprint density at radius 2 is 2.15 bits per heavy atom. The van der Waals surface area contributed by atoms with Crippen molar-refractivity contribution in [3.63, 3.8) is 0 Å². The number of hydrogen-bond donors (Lipinski definition) is 0. The number of rotatable bonds is 6. The second-order valence-electron chi connectivity index (χ2n) is 5.48. The van der Waals surface area contributed by atoms with Gasteiger partial charge in [-0.2, -0.15) is 0 Å². The maximum absolute atomic E-state index is 13.4. The van der Waals surface area contributed by atoms with Crippen molar-refractivity contribution in [1.29, 1.82) is 0 Å². The molecule has 2 aromatic carbocycles. The largest absolute Gasteiger partial charge is 0.493 e. The lowest BCUT2D eigenvalue weighted by Gasteiger charge is -2.12. The number of carbonyl (C=O) groups is 1. The quantitative estimate of drug-likeness (QED) is 0.383. The molecule has 0 unspecified atom stereocenters. The first-order valence-electron chi connectivity index (χ1n) is 7.91. The van der Waals surface area contributed by atoms with Crippen LogP contribution in [0.2, 0.25) is 0 Å². The predicted molar refractivity (Wildman–Crippen MR) is 103 cm³/mol. The summed E-state index contributed by atoms with van der Waals surface area (Å²) in [5, 5.41) is 0. The van der Waals surface area contributed by atoms with Crippen LogP contribution < -0.4 is 9.47 Å². The van der Waals surface area contributed by atoms with Crippen molar-refractivity contribution < 1.29 is 23.4 Å². The monoisotopic (exact) mass is 431 g/mol. The molecule has 1 aliphatic rings. The molecule has 3 rings (SSSR count). The van der Waals surface area contributed by atoms with Crippen LogP contribution >= 0.6 is 15.9 Å². The van der Waals surface area contributed by atoms with E-state index >= 15 is 0 Å². The van der Waals surface area contributed by atoms with Gasteiger partial charge in [-0.3, -0.25) is 0 Å². The molecule has 0 amide bonds. The van der Waals surface area contributed by atoms with Crippen LogP contribution in [0.15, 0.2) is 64.2 Å². The molecule has 0 saturated carbocycles. The molecule has 2 aromatic rings. The van der Waals surface area contributed by atoms with E-state index < -0.39 is 11.8 Å². The van der Waals surface area contributed by atoms with E-state index in [1.54, 1.807) is 30.4 Å². The lowest BCUT2D eigenvalue weighted by atomic mass is 10.1. The second-order valence-corrected chi connectivity index (χ2v) is 6.33. The summed E-state index contributed by atoms with van der Waals surface area (Å²) in [5.41, 5.74) is 1.14. The zero-order valence-corrected chi connectivity index (χ0v) is 16.0. The first kappa shape index (κ1) is 18.8. The lowest BCUT2D eigenvalue weighted by Crippen LogP contribution is -2.05. The Balaban J connectivity index is 1.95. The van der Waals surface area contributed by atoms with Crippen molar-refractivity contribution in [2.75, 3.05) is 13.7 Å². The molecular weight excluding hydrogens is 417 g/mol. The number of ether oxygens (including phenoxy) is 3. The maximum atomic E-state index is 13.4. The van der Waals surface area contributed by atoms with Crippen LogP contribution in [0.4, 0.5) is 4.39 Å². The minimum atomic E-state index is -0.615. The van der Waals surface area contributed by atoms with Gasteiger partial charge in [0.1, 0.15) is 12.4 Å². The molecule has 0 fully saturated rings. The van der Waals surface area contributed by atoms with Crippen LogP contribution in [-0.4, -0.2) is 25.6 Å². The van der Waals surface area contributed by atoms with Crippen molar-refractivity contribution in [3.05, 3.63) is 76.2 Å². The van der Waals surface area contributed by atoms with Gasteiger partial charge in [-0.25, -0.2) is 14.2 Å². The Hall–Kier alpha value is -2.93. The van der Waals surface area contributed by atoms with Gasteiger partial charge >= 0.3 is 5.97 Å². The summed E-state index contributed by atoms with van der Waals surface area (Å²) in [4.78, 5) is 16.3. The van der Waals surface area contributed by atoms with Crippen molar-refractivity contribution in [1.82, 2.24) is 0 Å². The van der Waals surface area contributed by atoms with Crippen LogP contribution in [0.3, 0.4) is 0 Å². The van der Waals surface area contributed by atoms with E-state index in [1.807, 2.05) is 0 Å². The Morgan fingerprint density at radius 3 is 2.85 bits per heavy atom. The third-order valence-corrected chi connectivity index (χ3v) is 4.18. The molecule has 27 heavy (non-hydrogen) atoms. The smallest absolute Gasteiger partial charge is 0.363 e. The Labute approximate surface area is 163 Å². The fraction of sp³-hybridized carbons (Fsp3) is 0.100. The van der Waals surface area contributed by atoms with Gasteiger partial charge in [0.05, 0.1) is 11.6 Å². The van der Waals surface area contributed by atoms with Gasteiger partial charge in [-0.15, -0.1) is 0 Å². The van der Waals surface area contributed by atoms with Gasteiger partial charge in [0, 0.05) is 5.56 Å². The molecule has 0 aromatic heterocycles. The molecule has 0 aliphatic carbocycles. The molecule has 1 aliphatic heterocycles. The van der Waals surface area contributed by atoms with Crippen molar-refractivity contribution in [2.45, 2.75) is 0 Å². The van der Waals surface area contributed by atoms with Gasteiger partial charge in [-0.05, 0) is 57.9 Å². The minimum absolute atomic E-state index is 0.0581. The fourth-order valence-electron chi connectivity index (χ4n) is 2.42. The average molecular weight is 432 g/mol. The zero-order chi connectivity index (χ0) is 19.4. The highest BCUT2D eigenvalue weighted by molar-refractivity contribution is 9.10. The van der Waals surface area contributed by atoms with Crippen molar-refractivity contribution in [2.24, 2.45) is 4.99 Å². The van der Waals surface area contributed by atoms with E-state index in [0.717, 1.165) is 0 Å². The summed E-state index contributed by atoms with van der Waals surface area (Å²) in [6, 6.07) is 9.16. The van der Waals surface area contributed by atoms with Gasteiger partial charge in [0.15, 0.2) is 17.2 Å². The third-order valence-electron chi connectivity index (χ3n) is 3.59. The maximum Gasteiger partial charge on any atom is 0.363 e. The number of nitrogens with zero attached hydrogens (tertiary/aromatic N) is 1. The average Bonchev–Trinajstić information content (AvgIpc) is 3.01. The van der Waals surface area contributed by atoms with Crippen LogP contribution in [0.25, 0.3) is 6.08 Å². The molecule has 0 radical (unpaired) electrons. The first-order chi connectivity index (χ1) is 13.0. The number of cyclic esters (lactones) is 1. The number of carbonyl (C=O) groups excluding carboxylic acids is 1. The number of aliphatic imine (C=N–C) groups is 1. The van der Waals surface area contributed by atoms with Crippen LogP contribution in [-0.2, 0) is 9.53 Å². The minimum Gasteiger partial charge on any atom is -0.493 e. The topological polar surface area (TPSA) is 57.1 Å². The molecule has 0 atom stereocenters. The van der Waals surface area contributed by atoms with Crippen LogP contribution in [0, 0.1) is 5.82 Å². The van der Waals surface area contributed by atoms with Gasteiger partial charge in [0.2, 0.25) is 5.90 Å². The predicted octanol–water partition coefficient (Wildman–Crippen LogP) is 4.51. The molecule has 7 heteroatoms. The van der Waals surface area contributed by atoms with Crippen molar-refractivity contribution in [3.8, 4) is 11.5 Å². The summed E-state index contributed by atoms with van der Waals surface area (Å²) < 4.78 is 30.1. The van der Waals surface area contributed by atoms with E-state index in [4.69, 9.17) is 14.2 Å². The standard InChI is InChI=1S/C20H15BrFNO4/c1-3-7-26-18-15(21)8-12(10-17(18)25-2)9-16-20(24)27-19(23-16)13-5-4-6-14(22)11-13/h3-6,8-11H,1,7H2,2H3/b16-9-. The normalized spacial score (nSPS) is 14.7. The Bertz CT molecular complexity index is 968. The molecule has 0 spiro atoms. The zero-order valence-electron chi connectivity index (χ0n) is 14.4. The lowest BCUT2D eigenvalue weighted by molar-refractivity contribution is -0.129. The highest BCUT2D eigenvalue weighted by Gasteiger charge is 2.24. The summed E-state index contributed by atoms with van der Waals surface area (Å²) >= 11 is 3.43. The summed E-state index contributed by atoms with van der Waals surface area (Å²) in [6.45, 7) is 3.93.